The van der Waals surface area contributed by atoms with Crippen molar-refractivity contribution in [2.24, 2.45) is 5.92 Å². The van der Waals surface area contributed by atoms with Crippen molar-refractivity contribution in [1.29, 1.82) is 0 Å². The topological polar surface area (TPSA) is 40.1 Å². The molecule has 0 saturated heterocycles. The van der Waals surface area contributed by atoms with Crippen LogP contribution in [0.1, 0.15) is 84.5 Å². The van der Waals surface area contributed by atoms with Gasteiger partial charge in [-0.15, -0.1) is 0 Å². The lowest BCUT2D eigenvalue weighted by Crippen LogP contribution is -2.59. The average molecular weight is 385 g/mol. The van der Waals surface area contributed by atoms with Crippen molar-refractivity contribution < 1.29 is 13.9 Å². The van der Waals surface area contributed by atoms with E-state index >= 15 is 0 Å². The van der Waals surface area contributed by atoms with Crippen LogP contribution in [-0.4, -0.2) is 30.9 Å². The largest absolute Gasteiger partial charge is 0.590 e. The molecule has 0 aromatic carbocycles. The van der Waals surface area contributed by atoms with E-state index in [-0.39, 0.29) is 5.92 Å². The summed E-state index contributed by atoms with van der Waals surface area (Å²) < 4.78 is 12.6. The van der Waals surface area contributed by atoms with Crippen LogP contribution in [0, 0.1) is 5.92 Å². The molecule has 0 heterocycles. The van der Waals surface area contributed by atoms with Gasteiger partial charge in [0.1, 0.15) is 0 Å². The monoisotopic (exact) mass is 384 g/mol. The van der Waals surface area contributed by atoms with Gasteiger partial charge >= 0.3 is 8.03 Å². The summed E-state index contributed by atoms with van der Waals surface area (Å²) in [7, 11) is 3.58. The molecule has 0 aliphatic heterocycles. The number of rotatable bonds is 16. The SMILES string of the molecule is C=CC=CCCCCCCCCCCC(C)C(CC)([P+](=O)[O-])[N+](C)(C)C. The van der Waals surface area contributed by atoms with Crippen LogP contribution in [0.25, 0.3) is 0 Å². The molecule has 0 rings (SSSR count). The molecule has 0 bridgehead atoms. The maximum Gasteiger partial charge on any atom is 0.376 e. The molecule has 0 aromatic heterocycles. The lowest BCUT2D eigenvalue weighted by Gasteiger charge is -2.42. The lowest BCUT2D eigenvalue weighted by molar-refractivity contribution is -0.913. The molecule has 152 valence electrons. The molecular formula is C22H43NO2P+. The fraction of sp³-hybridized carbons (Fsp3) is 0.818. The Kier molecular flexibility index (Phi) is 13.4. The van der Waals surface area contributed by atoms with Crippen LogP contribution in [0.15, 0.2) is 24.8 Å². The van der Waals surface area contributed by atoms with E-state index in [9.17, 15) is 9.46 Å². The fourth-order valence-electron chi connectivity index (χ4n) is 4.23. The van der Waals surface area contributed by atoms with Crippen molar-refractivity contribution in [3.05, 3.63) is 24.8 Å². The summed E-state index contributed by atoms with van der Waals surface area (Å²) in [6.07, 6.45) is 19.1. The molecule has 4 heteroatoms. The lowest BCUT2D eigenvalue weighted by atomic mass is 9.90. The predicted molar refractivity (Wildman–Crippen MR) is 113 cm³/mol. The minimum Gasteiger partial charge on any atom is -0.590 e. The van der Waals surface area contributed by atoms with E-state index in [1.165, 1.54) is 44.9 Å². The summed E-state index contributed by atoms with van der Waals surface area (Å²) in [6.45, 7) is 7.81. The molecule has 0 amide bonds. The van der Waals surface area contributed by atoms with Gasteiger partial charge in [-0.2, -0.15) is 0 Å². The predicted octanol–water partition coefficient (Wildman–Crippen LogP) is 6.18. The third kappa shape index (κ3) is 8.46. The molecule has 0 aliphatic rings. The second-order valence-corrected chi connectivity index (χ2v) is 9.76. The van der Waals surface area contributed by atoms with E-state index in [0.29, 0.717) is 10.9 Å². The van der Waals surface area contributed by atoms with Crippen LogP contribution in [0.5, 0.6) is 0 Å². The van der Waals surface area contributed by atoms with Gasteiger partial charge in [-0.05, 0) is 19.3 Å². The number of unbranched alkanes of at least 4 members (excludes halogenated alkanes) is 8. The second-order valence-electron chi connectivity index (χ2n) is 8.47. The van der Waals surface area contributed by atoms with Gasteiger partial charge in [0.05, 0.1) is 27.1 Å². The smallest absolute Gasteiger partial charge is 0.376 e. The minimum atomic E-state index is -2.45. The normalized spacial score (nSPS) is 16.5. The molecule has 0 radical (unpaired) electrons. The first-order valence-corrected chi connectivity index (χ1v) is 11.6. The zero-order chi connectivity index (χ0) is 20.1. The van der Waals surface area contributed by atoms with E-state index in [2.05, 4.69) is 19.6 Å². The zero-order valence-corrected chi connectivity index (χ0v) is 18.9. The van der Waals surface area contributed by atoms with E-state index in [1.807, 2.05) is 40.2 Å². The summed E-state index contributed by atoms with van der Waals surface area (Å²) in [6, 6.07) is 0. The van der Waals surface area contributed by atoms with Crippen molar-refractivity contribution in [2.45, 2.75) is 89.8 Å². The Morgan fingerprint density at radius 3 is 1.96 bits per heavy atom. The summed E-state index contributed by atoms with van der Waals surface area (Å²) >= 11 is 0. The Labute approximate surface area is 164 Å². The highest BCUT2D eigenvalue weighted by Gasteiger charge is 2.57. The molecule has 0 saturated carbocycles. The van der Waals surface area contributed by atoms with Crippen LogP contribution >= 0.6 is 8.03 Å². The van der Waals surface area contributed by atoms with E-state index < -0.39 is 13.3 Å². The Bertz CT molecular complexity index is 428. The van der Waals surface area contributed by atoms with Crippen molar-refractivity contribution in [2.75, 3.05) is 21.1 Å². The van der Waals surface area contributed by atoms with Crippen molar-refractivity contribution >= 4 is 8.03 Å². The van der Waals surface area contributed by atoms with E-state index in [4.69, 9.17) is 0 Å². The summed E-state index contributed by atoms with van der Waals surface area (Å²) in [5, 5.41) is -0.643. The van der Waals surface area contributed by atoms with Crippen molar-refractivity contribution in [1.82, 2.24) is 0 Å². The van der Waals surface area contributed by atoms with Gasteiger partial charge in [0, 0.05) is 6.42 Å². The highest BCUT2D eigenvalue weighted by Crippen LogP contribution is 2.48. The number of allylic oxidation sites excluding steroid dienone is 3. The molecule has 3 atom stereocenters. The number of hydrogen-bond donors (Lipinski definition) is 0. The molecule has 0 spiro atoms. The first-order valence-electron chi connectivity index (χ1n) is 10.5. The molecule has 3 unspecified atom stereocenters. The quantitative estimate of drug-likeness (QED) is 0.138. The Morgan fingerprint density at radius 2 is 1.54 bits per heavy atom. The number of nitrogens with zero attached hydrogens (tertiary/aromatic N) is 1. The van der Waals surface area contributed by atoms with Gasteiger partial charge in [0.15, 0.2) is 0 Å². The average Bonchev–Trinajstić information content (AvgIpc) is 2.55. The molecule has 0 fully saturated rings. The maximum atomic E-state index is 12.1. The third-order valence-electron chi connectivity index (χ3n) is 5.82. The molecule has 0 aliphatic carbocycles. The minimum absolute atomic E-state index is 0.192. The zero-order valence-electron chi connectivity index (χ0n) is 18.0. The van der Waals surface area contributed by atoms with Crippen molar-refractivity contribution in [3.63, 3.8) is 0 Å². The summed E-state index contributed by atoms with van der Waals surface area (Å²) in [5.74, 6) is 0.192. The van der Waals surface area contributed by atoms with Crippen molar-refractivity contribution in [3.8, 4) is 0 Å². The molecule has 0 aromatic rings. The van der Waals surface area contributed by atoms with Gasteiger partial charge in [0.25, 0.3) is 5.28 Å². The van der Waals surface area contributed by atoms with Crippen LogP contribution in [-0.2, 0) is 4.57 Å². The van der Waals surface area contributed by atoms with Gasteiger partial charge in [-0.25, -0.2) is 0 Å². The molecule has 26 heavy (non-hydrogen) atoms. The van der Waals surface area contributed by atoms with Crippen LogP contribution in [0.3, 0.4) is 0 Å². The Hall–Kier alpha value is -0.500. The first-order chi connectivity index (χ1) is 12.2. The Balaban J connectivity index is 3.97. The highest BCUT2D eigenvalue weighted by molar-refractivity contribution is 7.38. The van der Waals surface area contributed by atoms with Crippen LogP contribution in [0.2, 0.25) is 0 Å². The highest BCUT2D eigenvalue weighted by atomic mass is 31.1. The number of hydrogen-bond acceptors (Lipinski definition) is 2. The van der Waals surface area contributed by atoms with Crippen LogP contribution in [0.4, 0.5) is 0 Å². The number of quaternary nitrogens is 1. The first kappa shape index (κ1) is 25.5. The third-order valence-corrected chi connectivity index (χ3v) is 7.81. The molecule has 0 N–H and O–H groups in total. The molecule has 3 nitrogen and oxygen atoms in total. The fourth-order valence-corrected chi connectivity index (χ4v) is 5.47. The van der Waals surface area contributed by atoms with Gasteiger partial charge < -0.3 is 4.89 Å². The van der Waals surface area contributed by atoms with Crippen LogP contribution < -0.4 is 4.89 Å². The van der Waals surface area contributed by atoms with Gasteiger partial charge in [0.2, 0.25) is 0 Å². The molecular weight excluding hydrogens is 341 g/mol. The summed E-state index contributed by atoms with van der Waals surface area (Å²) in [5.41, 5.74) is 0. The van der Waals surface area contributed by atoms with E-state index in [1.54, 1.807) is 0 Å². The summed E-state index contributed by atoms with van der Waals surface area (Å²) in [4.78, 5) is 12.1. The maximum absolute atomic E-state index is 12.1. The standard InChI is InChI=1S/C22H43NO2P/c1-7-9-10-11-12-13-14-15-16-17-18-19-20-21(3)22(8-2,26(24)25)23(4,5)6/h7,9-10,21H,1,8,11-20H2,2-6H3/q+1. The van der Waals surface area contributed by atoms with Gasteiger partial charge in [-0.1, -0.05) is 88.2 Å². The second kappa shape index (κ2) is 13.6. The van der Waals surface area contributed by atoms with E-state index in [0.717, 1.165) is 19.3 Å². The Morgan fingerprint density at radius 1 is 1.04 bits per heavy atom. The van der Waals surface area contributed by atoms with Gasteiger partial charge in [-0.3, -0.25) is 4.48 Å².